The minimum Gasteiger partial charge on any atom is -0.373 e. The molecule has 1 heterocycles. The molecule has 4 heteroatoms. The van der Waals surface area contributed by atoms with Crippen molar-refractivity contribution in [1.29, 1.82) is 0 Å². The highest BCUT2D eigenvalue weighted by molar-refractivity contribution is 5.94. The van der Waals surface area contributed by atoms with Gasteiger partial charge >= 0.3 is 0 Å². The Labute approximate surface area is 116 Å². The molecule has 0 spiro atoms. The van der Waals surface area contributed by atoms with Gasteiger partial charge in [-0.1, -0.05) is 33.1 Å². The van der Waals surface area contributed by atoms with Crippen LogP contribution in [0.4, 0.5) is 5.82 Å². The van der Waals surface area contributed by atoms with Gasteiger partial charge < -0.3 is 10.6 Å². The van der Waals surface area contributed by atoms with Crippen LogP contribution >= 0.6 is 0 Å². The lowest BCUT2D eigenvalue weighted by Gasteiger charge is -2.17. The largest absolute Gasteiger partial charge is 0.373 e. The molecule has 1 aromatic rings. The van der Waals surface area contributed by atoms with Gasteiger partial charge in [0.25, 0.3) is 5.91 Å². The second-order valence-electron chi connectivity index (χ2n) is 4.78. The highest BCUT2D eigenvalue weighted by atomic mass is 16.1. The standard InChI is InChI=1S/C15H25N3O/c1-4-6-8-13(7-5-2)18-15(19)12-9-10-14(16-3)17-11-12/h9-11,13H,4-8H2,1-3H3,(H,16,17)(H,18,19). The normalized spacial score (nSPS) is 11.9. The first-order valence-corrected chi connectivity index (χ1v) is 7.15. The fraction of sp³-hybridized carbons (Fsp3) is 0.600. The van der Waals surface area contributed by atoms with E-state index in [1.54, 1.807) is 12.3 Å². The van der Waals surface area contributed by atoms with Crippen LogP contribution in [0.25, 0.3) is 0 Å². The molecule has 2 N–H and O–H groups in total. The summed E-state index contributed by atoms with van der Waals surface area (Å²) < 4.78 is 0. The number of carbonyl (C=O) groups excluding carboxylic acids is 1. The summed E-state index contributed by atoms with van der Waals surface area (Å²) in [5, 5.41) is 6.05. The predicted molar refractivity (Wildman–Crippen MR) is 79.5 cm³/mol. The van der Waals surface area contributed by atoms with E-state index in [9.17, 15) is 4.79 Å². The van der Waals surface area contributed by atoms with Crippen molar-refractivity contribution in [3.8, 4) is 0 Å². The van der Waals surface area contributed by atoms with Crippen molar-refractivity contribution in [2.45, 2.75) is 52.0 Å². The third-order valence-electron chi connectivity index (χ3n) is 3.16. The number of hydrogen-bond acceptors (Lipinski definition) is 3. The molecule has 0 saturated carbocycles. The van der Waals surface area contributed by atoms with Crippen LogP contribution in [-0.4, -0.2) is 24.0 Å². The van der Waals surface area contributed by atoms with Crippen molar-refractivity contribution in [2.24, 2.45) is 0 Å². The lowest BCUT2D eigenvalue weighted by atomic mass is 10.0. The Morgan fingerprint density at radius 1 is 1.26 bits per heavy atom. The zero-order valence-electron chi connectivity index (χ0n) is 12.2. The van der Waals surface area contributed by atoms with Crippen molar-refractivity contribution in [2.75, 3.05) is 12.4 Å². The molecule has 1 unspecified atom stereocenters. The van der Waals surface area contributed by atoms with E-state index in [1.807, 2.05) is 13.1 Å². The fourth-order valence-corrected chi connectivity index (χ4v) is 2.03. The van der Waals surface area contributed by atoms with E-state index < -0.39 is 0 Å². The maximum atomic E-state index is 12.1. The summed E-state index contributed by atoms with van der Waals surface area (Å²) in [7, 11) is 1.81. The first-order valence-electron chi connectivity index (χ1n) is 7.15. The summed E-state index contributed by atoms with van der Waals surface area (Å²) in [6.45, 7) is 4.32. The Bertz CT molecular complexity index is 375. The van der Waals surface area contributed by atoms with Crippen LogP contribution in [0.2, 0.25) is 0 Å². The van der Waals surface area contributed by atoms with Crippen molar-refractivity contribution in [1.82, 2.24) is 10.3 Å². The predicted octanol–water partition coefficient (Wildman–Crippen LogP) is 3.21. The molecule has 106 valence electrons. The second-order valence-corrected chi connectivity index (χ2v) is 4.78. The Kier molecular flexibility index (Phi) is 6.93. The minimum absolute atomic E-state index is 0.0234. The first-order chi connectivity index (χ1) is 9.21. The molecule has 1 rings (SSSR count). The van der Waals surface area contributed by atoms with Crippen LogP contribution in [0.3, 0.4) is 0 Å². The fourth-order valence-electron chi connectivity index (χ4n) is 2.03. The maximum Gasteiger partial charge on any atom is 0.253 e. The first kappa shape index (κ1) is 15.5. The number of hydrogen-bond donors (Lipinski definition) is 2. The molecule has 1 amide bonds. The van der Waals surface area contributed by atoms with E-state index in [1.165, 1.54) is 0 Å². The number of nitrogens with zero attached hydrogens (tertiary/aromatic N) is 1. The van der Waals surface area contributed by atoms with Gasteiger partial charge in [0.2, 0.25) is 0 Å². The second kappa shape index (κ2) is 8.51. The zero-order valence-corrected chi connectivity index (χ0v) is 12.2. The Morgan fingerprint density at radius 2 is 2.05 bits per heavy atom. The van der Waals surface area contributed by atoms with Crippen LogP contribution in [0.15, 0.2) is 18.3 Å². The van der Waals surface area contributed by atoms with Gasteiger partial charge in [0, 0.05) is 19.3 Å². The molecule has 4 nitrogen and oxygen atoms in total. The number of unbranched alkanes of at least 4 members (excludes halogenated alkanes) is 1. The number of amides is 1. The molecular formula is C15H25N3O. The van der Waals surface area contributed by atoms with Crippen molar-refractivity contribution in [3.05, 3.63) is 23.9 Å². The zero-order chi connectivity index (χ0) is 14.1. The van der Waals surface area contributed by atoms with Gasteiger partial charge in [0.15, 0.2) is 0 Å². The molecule has 1 aromatic heterocycles. The van der Waals surface area contributed by atoms with E-state index in [-0.39, 0.29) is 11.9 Å². The molecular weight excluding hydrogens is 238 g/mol. The van der Waals surface area contributed by atoms with Crippen LogP contribution in [0.1, 0.15) is 56.3 Å². The highest BCUT2D eigenvalue weighted by Gasteiger charge is 2.12. The number of aromatic nitrogens is 1. The number of carbonyl (C=O) groups is 1. The van der Waals surface area contributed by atoms with E-state index in [2.05, 4.69) is 29.5 Å². The van der Waals surface area contributed by atoms with E-state index in [0.717, 1.165) is 37.9 Å². The molecule has 0 bridgehead atoms. The Balaban J connectivity index is 2.58. The number of rotatable bonds is 8. The van der Waals surface area contributed by atoms with Crippen LogP contribution in [0, 0.1) is 0 Å². The van der Waals surface area contributed by atoms with Gasteiger partial charge in [-0.25, -0.2) is 4.98 Å². The maximum absolute atomic E-state index is 12.1. The third kappa shape index (κ3) is 5.28. The molecule has 19 heavy (non-hydrogen) atoms. The molecule has 0 aliphatic carbocycles. The average molecular weight is 263 g/mol. The topological polar surface area (TPSA) is 54.0 Å². The number of pyridine rings is 1. The number of nitrogens with one attached hydrogen (secondary N) is 2. The van der Waals surface area contributed by atoms with Gasteiger partial charge in [-0.15, -0.1) is 0 Å². The van der Waals surface area contributed by atoms with Crippen molar-refractivity contribution < 1.29 is 4.79 Å². The third-order valence-corrected chi connectivity index (χ3v) is 3.16. The van der Waals surface area contributed by atoms with Gasteiger partial charge in [0.05, 0.1) is 5.56 Å². The molecule has 0 aliphatic heterocycles. The minimum atomic E-state index is -0.0234. The molecule has 0 radical (unpaired) electrons. The SMILES string of the molecule is CCCCC(CCC)NC(=O)c1ccc(NC)nc1. The summed E-state index contributed by atoms with van der Waals surface area (Å²) in [6, 6.07) is 3.90. The smallest absolute Gasteiger partial charge is 0.253 e. The summed E-state index contributed by atoms with van der Waals surface area (Å²) in [5.74, 6) is 0.748. The van der Waals surface area contributed by atoms with Crippen molar-refractivity contribution in [3.63, 3.8) is 0 Å². The quantitative estimate of drug-likeness (QED) is 0.757. The van der Waals surface area contributed by atoms with Gasteiger partial charge in [-0.05, 0) is 25.0 Å². The van der Waals surface area contributed by atoms with E-state index in [0.29, 0.717) is 5.56 Å². The molecule has 1 atom stereocenters. The summed E-state index contributed by atoms with van der Waals surface area (Å²) in [5.41, 5.74) is 0.622. The molecule has 0 aromatic carbocycles. The Hall–Kier alpha value is -1.58. The highest BCUT2D eigenvalue weighted by Crippen LogP contribution is 2.09. The summed E-state index contributed by atoms with van der Waals surface area (Å²) >= 11 is 0. The molecule has 0 fully saturated rings. The van der Waals surface area contributed by atoms with Gasteiger partial charge in [0.1, 0.15) is 5.82 Å². The summed E-state index contributed by atoms with van der Waals surface area (Å²) in [4.78, 5) is 16.3. The lowest BCUT2D eigenvalue weighted by Crippen LogP contribution is -2.34. The van der Waals surface area contributed by atoms with E-state index >= 15 is 0 Å². The molecule has 0 aliphatic rings. The van der Waals surface area contributed by atoms with Gasteiger partial charge in [-0.2, -0.15) is 0 Å². The van der Waals surface area contributed by atoms with Crippen LogP contribution in [0.5, 0.6) is 0 Å². The van der Waals surface area contributed by atoms with Gasteiger partial charge in [-0.3, -0.25) is 4.79 Å². The monoisotopic (exact) mass is 263 g/mol. The average Bonchev–Trinajstić information content (AvgIpc) is 2.45. The Morgan fingerprint density at radius 3 is 2.58 bits per heavy atom. The number of anilines is 1. The summed E-state index contributed by atoms with van der Waals surface area (Å²) in [6.07, 6.45) is 7.11. The lowest BCUT2D eigenvalue weighted by molar-refractivity contribution is 0.0932. The van der Waals surface area contributed by atoms with E-state index in [4.69, 9.17) is 0 Å². The van der Waals surface area contributed by atoms with Crippen molar-refractivity contribution >= 4 is 11.7 Å². The molecule has 0 saturated heterocycles. The van der Waals surface area contributed by atoms with Crippen LogP contribution < -0.4 is 10.6 Å². The van der Waals surface area contributed by atoms with Crippen LogP contribution in [-0.2, 0) is 0 Å².